The van der Waals surface area contributed by atoms with Crippen LogP contribution in [0.1, 0.15) is 0 Å². The quantitative estimate of drug-likeness (QED) is 0.0255. The Hall–Kier alpha value is -12.5. The van der Waals surface area contributed by atoms with E-state index in [1.807, 2.05) is 6.07 Å². The molecule has 0 atom stereocenters. The topological polar surface area (TPSA) is 400 Å². The predicted molar refractivity (Wildman–Crippen MR) is 438 cm³/mol. The maximum absolute atomic E-state index is 14.3. The molecule has 28 nitrogen and oxygen atoms in total. The fourth-order valence-electron chi connectivity index (χ4n) is 10.3. The number of nitrogen functional groups attached to an aromatic ring is 1. The van der Waals surface area contributed by atoms with Gasteiger partial charge in [0.05, 0.1) is 98.5 Å². The lowest BCUT2D eigenvalue weighted by molar-refractivity contribution is -0.386. The Balaban J connectivity index is 0.000000162. The molecule has 0 unspecified atom stereocenters. The van der Waals surface area contributed by atoms with E-state index >= 15 is 0 Å². The molecule has 116 heavy (non-hydrogen) atoms. The second-order valence-electron chi connectivity index (χ2n) is 22.9. The number of aromatic nitrogens is 9. The maximum atomic E-state index is 14.3. The summed E-state index contributed by atoms with van der Waals surface area (Å²) in [5, 5.41) is 39.6. The largest absolute Gasteiger partial charge is 0.481 e. The lowest BCUT2D eigenvalue weighted by Crippen LogP contribution is -2.12. The summed E-state index contributed by atoms with van der Waals surface area (Å²) < 4.78 is 89.1. The summed E-state index contributed by atoms with van der Waals surface area (Å²) in [5.41, 5.74) is 5.29. The third-order valence-corrected chi connectivity index (χ3v) is 18.4. The van der Waals surface area contributed by atoms with Gasteiger partial charge in [0, 0.05) is 119 Å². The fourth-order valence-corrected chi connectivity index (χ4v) is 12.3. The third kappa shape index (κ3) is 21.5. The van der Waals surface area contributed by atoms with Crippen molar-refractivity contribution in [2.75, 3.05) is 39.5 Å². The van der Waals surface area contributed by atoms with Gasteiger partial charge in [0.1, 0.15) is 34.8 Å². The zero-order valence-electron chi connectivity index (χ0n) is 59.1. The molecule has 594 valence electrons. The summed E-state index contributed by atoms with van der Waals surface area (Å²) in [4.78, 5) is 108. The minimum Gasteiger partial charge on any atom is -0.481 e. The van der Waals surface area contributed by atoms with Gasteiger partial charge in [-0.05, 0) is 159 Å². The summed E-state index contributed by atoms with van der Waals surface area (Å²) in [6.07, 6.45) is 10.1. The van der Waals surface area contributed by atoms with E-state index in [1.165, 1.54) is 126 Å². The Morgan fingerprint density at radius 2 is 0.776 bits per heavy atom. The molecule has 0 saturated heterocycles. The molecule has 14 aromatic rings. The number of nitrogens with zero attached hydrogens (tertiary/aromatic N) is 8. The number of benzene rings is 5. The monoisotopic (exact) mass is 1830 g/mol. The summed E-state index contributed by atoms with van der Waals surface area (Å²) in [6, 6.07) is 32.3. The Morgan fingerprint density at radius 1 is 0.405 bits per heavy atom. The number of hydrogen-bond donors (Lipinski definition) is 6. The average Bonchev–Trinajstić information content (AvgIpc) is 0.806. The Bertz CT molecular complexity index is 6370. The Labute approximate surface area is 694 Å². The highest BCUT2D eigenvalue weighted by Crippen LogP contribution is 2.40. The highest BCUT2D eigenvalue weighted by molar-refractivity contribution is 9.10. The molecule has 0 radical (unpaired) electrons. The van der Waals surface area contributed by atoms with E-state index in [4.69, 9.17) is 94.3 Å². The zero-order chi connectivity index (χ0) is 84.5. The van der Waals surface area contributed by atoms with E-state index in [-0.39, 0.29) is 115 Å². The minimum absolute atomic E-state index is 0.00513. The number of methoxy groups -OCH3 is 4. The van der Waals surface area contributed by atoms with Gasteiger partial charge in [0.15, 0.2) is 9.21 Å². The first-order valence-corrected chi connectivity index (χ1v) is 36.0. The van der Waals surface area contributed by atoms with Gasteiger partial charge in [-0.25, -0.2) is 22.0 Å². The summed E-state index contributed by atoms with van der Waals surface area (Å²) in [7, 11) is 5.33. The van der Waals surface area contributed by atoms with Crippen molar-refractivity contribution in [3.8, 4) is 79.2 Å². The van der Waals surface area contributed by atoms with Gasteiger partial charge in [-0.3, -0.25) is 84.4 Å². The van der Waals surface area contributed by atoms with Crippen LogP contribution in [0.4, 0.5) is 56.1 Å². The van der Waals surface area contributed by atoms with Crippen molar-refractivity contribution in [2.45, 2.75) is 0 Å². The van der Waals surface area contributed by atoms with Gasteiger partial charge >= 0.3 is 17.1 Å². The van der Waals surface area contributed by atoms with Gasteiger partial charge in [0.25, 0.3) is 28.1 Å². The van der Waals surface area contributed by atoms with Gasteiger partial charge in [0.2, 0.25) is 17.6 Å². The number of H-pyrrole nitrogens is 4. The molecule has 9 aromatic heterocycles. The first-order chi connectivity index (χ1) is 55.2. The van der Waals surface area contributed by atoms with E-state index in [0.717, 1.165) is 46.1 Å². The van der Waals surface area contributed by atoms with Crippen LogP contribution < -0.4 is 52.2 Å². The number of nitro groups is 3. The summed E-state index contributed by atoms with van der Waals surface area (Å²) in [5.74, 6) is -2.96. The molecule has 5 aromatic carbocycles. The molecule has 7 N–H and O–H groups in total. The standard InChI is InChI=1S/C20H14ClFN4O2.C12H7BrClFN2O3.C12H8ClFN2O4.C12H10ClFN2O2.C11H5BrClFN2O3.C8H5ClN2/c1-28-20-18(25-17-5-7-24-16-4-6-23-10-14(16)17)9-13(19(27)26-20)12-8-11(21)2-3-15(12)22;1-20-12-8(5-10(17(18)19)11(13)16-12)7-4-6(14)2-3-9(7)15;1-20-12-10(16(18)19)5-8(11(17)15-12)7-4-6(13)2-3-9(7)14;1-18-12-10(15)5-8(11(17)16-12)7-4-6(13)2-3-9(7)14;12-10-9(16(18)19)4-7(11(17)15-10)6-3-5(13)1-2-8(6)14;9-7-1-4-11-8-2-3-10-5-6(7)8/h2-10H,1H3,(H,24,25)(H,26,27);2-5H,1H3;2-5H,1H3,(H,15,17);2-5H,15H2,1H3,(H,16,17);1-4H,(H,15,17);1-5H. The SMILES string of the molecule is COc1[nH]c(=O)c(-c2cc(Cl)ccc2F)cc1N.COc1[nH]c(=O)c(-c2cc(Cl)ccc2F)cc1Nc1ccnc2ccncc12.COc1[nH]c(=O)c(-c2cc(Cl)ccc2F)cc1[N+](=O)[O-].COc1nc(Br)c([N+](=O)[O-])cc1-c1cc(Cl)ccc1F.Clc1ccnc2ccncc12.O=c1[nH]c(Br)c([N+](=O)[O-])cc1-c1cc(Cl)ccc1F. The number of nitrogens with two attached hydrogens (primary N) is 1. The molecule has 0 saturated carbocycles. The molecule has 0 fully saturated rings. The van der Waals surface area contributed by atoms with Crippen molar-refractivity contribution >= 4 is 157 Å². The van der Waals surface area contributed by atoms with E-state index < -0.39 is 71.8 Å². The molecule has 14 rings (SSSR count). The minimum atomic E-state index is -0.735. The van der Waals surface area contributed by atoms with Crippen LogP contribution in [0, 0.1) is 59.4 Å². The van der Waals surface area contributed by atoms with Crippen molar-refractivity contribution in [1.29, 1.82) is 0 Å². The number of halogens is 13. The number of nitrogens with one attached hydrogen (secondary N) is 5. The van der Waals surface area contributed by atoms with Crippen LogP contribution in [0.25, 0.3) is 77.4 Å². The second kappa shape index (κ2) is 39.5. The summed E-state index contributed by atoms with van der Waals surface area (Å²) >= 11 is 40.8. The van der Waals surface area contributed by atoms with Crippen molar-refractivity contribution in [1.82, 2.24) is 44.9 Å². The van der Waals surface area contributed by atoms with Gasteiger partial charge < -0.3 is 35.0 Å². The van der Waals surface area contributed by atoms with Crippen LogP contribution in [-0.2, 0) is 0 Å². The van der Waals surface area contributed by atoms with Crippen LogP contribution in [0.15, 0.2) is 211 Å². The van der Waals surface area contributed by atoms with Gasteiger partial charge in [-0.1, -0.05) is 69.6 Å². The maximum Gasteiger partial charge on any atom is 0.329 e. The van der Waals surface area contributed by atoms with E-state index in [9.17, 15) is 71.5 Å². The number of pyridine rings is 9. The molecule has 0 amide bonds. The average molecular weight is 1840 g/mol. The van der Waals surface area contributed by atoms with Gasteiger partial charge in [-0.2, -0.15) is 4.98 Å². The van der Waals surface area contributed by atoms with Crippen molar-refractivity contribution in [2.24, 2.45) is 0 Å². The smallest absolute Gasteiger partial charge is 0.329 e. The van der Waals surface area contributed by atoms with Crippen molar-refractivity contribution in [3.63, 3.8) is 0 Å². The first-order valence-electron chi connectivity index (χ1n) is 32.1. The lowest BCUT2D eigenvalue weighted by atomic mass is 10.1. The lowest BCUT2D eigenvalue weighted by Gasteiger charge is -2.14. The number of ether oxygens (including phenoxy) is 4. The molecular formula is C75H49Br2Cl6F5N14O14. The van der Waals surface area contributed by atoms with Crippen LogP contribution >= 0.6 is 101 Å². The Kier molecular flexibility index (Phi) is 29.8. The molecule has 41 heteroatoms. The molecule has 0 aliphatic rings. The molecule has 0 spiro atoms. The summed E-state index contributed by atoms with van der Waals surface area (Å²) in [6.45, 7) is 0. The predicted octanol–water partition coefficient (Wildman–Crippen LogP) is 19.7. The van der Waals surface area contributed by atoms with E-state index in [0.29, 0.717) is 31.5 Å². The molecule has 9 heterocycles. The number of anilines is 3. The van der Waals surface area contributed by atoms with E-state index in [1.54, 1.807) is 55.4 Å². The highest BCUT2D eigenvalue weighted by atomic mass is 79.9. The fraction of sp³-hybridized carbons (Fsp3) is 0.0533. The van der Waals surface area contributed by atoms with Gasteiger partial charge in [-0.15, -0.1) is 0 Å². The van der Waals surface area contributed by atoms with Crippen LogP contribution in [0.3, 0.4) is 0 Å². The number of hydrogen-bond acceptors (Lipinski definition) is 21. The second-order valence-corrected chi connectivity index (χ2v) is 27.0. The first kappa shape index (κ1) is 87.5. The van der Waals surface area contributed by atoms with Crippen LogP contribution in [-0.4, -0.2) is 88.1 Å². The molecule has 0 aliphatic carbocycles. The van der Waals surface area contributed by atoms with Crippen LogP contribution in [0.2, 0.25) is 30.1 Å². The highest BCUT2D eigenvalue weighted by Gasteiger charge is 2.25. The third-order valence-electron chi connectivity index (χ3n) is 15.7. The van der Waals surface area contributed by atoms with Crippen LogP contribution in [0.5, 0.6) is 23.5 Å². The van der Waals surface area contributed by atoms with E-state index in [2.05, 4.69) is 82.0 Å². The molecular weight excluding hydrogens is 1790 g/mol. The number of aromatic amines is 4. The number of rotatable bonds is 14. The molecule has 0 bridgehead atoms. The van der Waals surface area contributed by atoms with Crippen molar-refractivity contribution < 1.29 is 55.7 Å². The molecule has 0 aliphatic heterocycles. The zero-order valence-corrected chi connectivity index (χ0v) is 66.8. The normalized spacial score (nSPS) is 10.5. The number of fused-ring (bicyclic) bond motifs is 2. The van der Waals surface area contributed by atoms with Crippen molar-refractivity contribution in [3.05, 3.63) is 323 Å². The Morgan fingerprint density at radius 3 is 1.21 bits per heavy atom.